The first-order valence-corrected chi connectivity index (χ1v) is 6.32. The number of methoxy groups -OCH3 is 1. The van der Waals surface area contributed by atoms with E-state index in [1.165, 1.54) is 6.07 Å². The zero-order chi connectivity index (χ0) is 13.9. The highest BCUT2D eigenvalue weighted by molar-refractivity contribution is 5.19. The minimum Gasteiger partial charge on any atom is -0.390 e. The Morgan fingerprint density at radius 1 is 1.32 bits per heavy atom. The fourth-order valence-corrected chi connectivity index (χ4v) is 2.47. The fourth-order valence-electron chi connectivity index (χ4n) is 2.47. The summed E-state index contributed by atoms with van der Waals surface area (Å²) >= 11 is 0. The molecule has 0 spiro atoms. The predicted octanol–water partition coefficient (Wildman–Crippen LogP) is 2.06. The van der Waals surface area contributed by atoms with Gasteiger partial charge in [-0.1, -0.05) is 6.07 Å². The lowest BCUT2D eigenvalue weighted by Gasteiger charge is -2.39. The molecule has 1 aromatic rings. The summed E-state index contributed by atoms with van der Waals surface area (Å²) in [5.41, 5.74) is -0.113. The van der Waals surface area contributed by atoms with Crippen LogP contribution in [0.2, 0.25) is 0 Å². The molecule has 1 aliphatic rings. The maximum absolute atomic E-state index is 13.1. The lowest BCUT2D eigenvalue weighted by atomic mass is 9.84. The van der Waals surface area contributed by atoms with Crippen LogP contribution in [0.4, 0.5) is 8.78 Å². The number of benzene rings is 1. The Morgan fingerprint density at radius 3 is 2.58 bits per heavy atom. The van der Waals surface area contributed by atoms with Crippen molar-refractivity contribution in [2.45, 2.75) is 31.0 Å². The third-order valence-electron chi connectivity index (χ3n) is 3.77. The van der Waals surface area contributed by atoms with Crippen LogP contribution in [-0.4, -0.2) is 37.1 Å². The number of aliphatic hydroxyl groups excluding tert-OH is 1. The van der Waals surface area contributed by atoms with E-state index in [2.05, 4.69) is 0 Å². The van der Waals surface area contributed by atoms with E-state index >= 15 is 0 Å². The largest absolute Gasteiger partial charge is 0.390 e. The van der Waals surface area contributed by atoms with Crippen LogP contribution in [0.1, 0.15) is 18.4 Å². The third kappa shape index (κ3) is 3.11. The van der Waals surface area contributed by atoms with Crippen molar-refractivity contribution in [1.29, 1.82) is 0 Å². The van der Waals surface area contributed by atoms with Gasteiger partial charge in [0, 0.05) is 39.6 Å². The summed E-state index contributed by atoms with van der Waals surface area (Å²) in [6.45, 7) is 1.06. The lowest BCUT2D eigenvalue weighted by Crippen LogP contribution is -2.49. The molecule has 1 unspecified atom stereocenters. The Balaban J connectivity index is 2.10. The molecule has 0 aliphatic carbocycles. The molecule has 1 heterocycles. The molecule has 0 aromatic heterocycles. The average molecular weight is 272 g/mol. The second-order valence-electron chi connectivity index (χ2n) is 4.85. The quantitative estimate of drug-likeness (QED) is 0.912. The van der Waals surface area contributed by atoms with Gasteiger partial charge in [0.25, 0.3) is 0 Å². The Bertz CT molecular complexity index is 431. The van der Waals surface area contributed by atoms with E-state index in [-0.39, 0.29) is 6.42 Å². The normalized spacial score (nSPS) is 20.2. The van der Waals surface area contributed by atoms with Crippen LogP contribution in [0.3, 0.4) is 0 Å². The van der Waals surface area contributed by atoms with E-state index in [0.717, 1.165) is 12.1 Å². The molecule has 1 N–H and O–H groups in total. The van der Waals surface area contributed by atoms with E-state index in [9.17, 15) is 13.9 Å². The maximum Gasteiger partial charge on any atom is 0.159 e. The molecule has 2 rings (SSSR count). The van der Waals surface area contributed by atoms with Gasteiger partial charge < -0.3 is 14.6 Å². The summed E-state index contributed by atoms with van der Waals surface area (Å²) in [7, 11) is 1.56. The molecular formula is C14H18F2O3. The number of hydrogen-bond donors (Lipinski definition) is 1. The van der Waals surface area contributed by atoms with Gasteiger partial charge in [0.05, 0.1) is 11.7 Å². The highest BCUT2D eigenvalue weighted by Crippen LogP contribution is 2.30. The molecule has 0 radical (unpaired) electrons. The molecule has 3 nitrogen and oxygen atoms in total. The molecule has 1 aromatic carbocycles. The van der Waals surface area contributed by atoms with Crippen molar-refractivity contribution < 1.29 is 23.4 Å². The van der Waals surface area contributed by atoms with Gasteiger partial charge in [-0.3, -0.25) is 0 Å². The molecule has 1 saturated heterocycles. The first kappa shape index (κ1) is 14.4. The van der Waals surface area contributed by atoms with E-state index in [1.807, 2.05) is 0 Å². The first-order chi connectivity index (χ1) is 9.07. The number of aliphatic hydroxyl groups is 1. The van der Waals surface area contributed by atoms with Crippen molar-refractivity contribution in [3.05, 3.63) is 35.4 Å². The fraction of sp³-hybridized carbons (Fsp3) is 0.571. The smallest absolute Gasteiger partial charge is 0.159 e. The van der Waals surface area contributed by atoms with Crippen LogP contribution in [0.5, 0.6) is 0 Å². The van der Waals surface area contributed by atoms with Crippen molar-refractivity contribution in [3.63, 3.8) is 0 Å². The van der Waals surface area contributed by atoms with Crippen LogP contribution in [0, 0.1) is 11.6 Å². The zero-order valence-corrected chi connectivity index (χ0v) is 10.9. The summed E-state index contributed by atoms with van der Waals surface area (Å²) in [4.78, 5) is 0. The summed E-state index contributed by atoms with van der Waals surface area (Å²) < 4.78 is 36.7. The summed E-state index contributed by atoms with van der Waals surface area (Å²) in [6.07, 6.45) is 0.638. The Morgan fingerprint density at radius 2 is 2.00 bits per heavy atom. The zero-order valence-electron chi connectivity index (χ0n) is 10.9. The average Bonchev–Trinajstić information content (AvgIpc) is 2.43. The third-order valence-corrected chi connectivity index (χ3v) is 3.77. The number of rotatable bonds is 4. The topological polar surface area (TPSA) is 38.7 Å². The standard InChI is InChI=1S/C14H18F2O3/c1-18-14(4-6-19-7-5-14)13(17)9-10-2-3-11(15)12(16)8-10/h2-3,8,13,17H,4-7,9H2,1H3. The van der Waals surface area contributed by atoms with Gasteiger partial charge >= 0.3 is 0 Å². The minimum atomic E-state index is -0.900. The molecule has 0 bridgehead atoms. The van der Waals surface area contributed by atoms with Crippen molar-refractivity contribution in [1.82, 2.24) is 0 Å². The number of hydrogen-bond acceptors (Lipinski definition) is 3. The summed E-state index contributed by atoms with van der Waals surface area (Å²) in [6, 6.07) is 3.66. The van der Waals surface area contributed by atoms with Crippen LogP contribution in [0.15, 0.2) is 18.2 Å². The molecule has 0 amide bonds. The number of ether oxygens (including phenoxy) is 2. The van der Waals surface area contributed by atoms with Gasteiger partial charge in [-0.05, 0) is 17.7 Å². The second kappa shape index (κ2) is 5.94. The molecule has 5 heteroatoms. The van der Waals surface area contributed by atoms with Gasteiger partial charge in [0.1, 0.15) is 0 Å². The Labute approximate surface area is 111 Å². The van der Waals surface area contributed by atoms with Crippen molar-refractivity contribution in [2.24, 2.45) is 0 Å². The van der Waals surface area contributed by atoms with Gasteiger partial charge in [-0.15, -0.1) is 0 Å². The monoisotopic (exact) mass is 272 g/mol. The lowest BCUT2D eigenvalue weighted by molar-refractivity contribution is -0.151. The van der Waals surface area contributed by atoms with Crippen LogP contribution >= 0.6 is 0 Å². The second-order valence-corrected chi connectivity index (χ2v) is 4.85. The van der Waals surface area contributed by atoms with E-state index in [4.69, 9.17) is 9.47 Å². The van der Waals surface area contributed by atoms with Crippen molar-refractivity contribution in [3.8, 4) is 0 Å². The van der Waals surface area contributed by atoms with Gasteiger partial charge in [-0.25, -0.2) is 8.78 Å². The first-order valence-electron chi connectivity index (χ1n) is 6.32. The molecule has 1 aliphatic heterocycles. The maximum atomic E-state index is 13.1. The summed E-state index contributed by atoms with van der Waals surface area (Å²) in [5, 5.41) is 10.3. The SMILES string of the molecule is COC1(C(O)Cc2ccc(F)c(F)c2)CCOCC1. The van der Waals surface area contributed by atoms with Crippen LogP contribution in [0.25, 0.3) is 0 Å². The molecule has 1 fully saturated rings. The molecule has 106 valence electrons. The van der Waals surface area contributed by atoms with Gasteiger partial charge in [-0.2, -0.15) is 0 Å². The Hall–Kier alpha value is -1.04. The minimum absolute atomic E-state index is 0.227. The Kier molecular flexibility index (Phi) is 4.50. The highest BCUT2D eigenvalue weighted by atomic mass is 19.2. The van der Waals surface area contributed by atoms with Crippen LogP contribution in [-0.2, 0) is 15.9 Å². The van der Waals surface area contributed by atoms with E-state index in [0.29, 0.717) is 31.6 Å². The van der Waals surface area contributed by atoms with Gasteiger partial charge in [0.2, 0.25) is 0 Å². The molecular weight excluding hydrogens is 254 g/mol. The summed E-state index contributed by atoms with van der Waals surface area (Å²) in [5.74, 6) is -1.78. The molecule has 1 atom stereocenters. The number of halogens is 2. The van der Waals surface area contributed by atoms with Crippen molar-refractivity contribution in [2.75, 3.05) is 20.3 Å². The molecule has 19 heavy (non-hydrogen) atoms. The van der Waals surface area contributed by atoms with E-state index < -0.39 is 23.3 Å². The molecule has 0 saturated carbocycles. The van der Waals surface area contributed by atoms with E-state index in [1.54, 1.807) is 7.11 Å². The predicted molar refractivity (Wildman–Crippen MR) is 65.9 cm³/mol. The van der Waals surface area contributed by atoms with Gasteiger partial charge in [0.15, 0.2) is 11.6 Å². The highest BCUT2D eigenvalue weighted by Gasteiger charge is 2.39. The van der Waals surface area contributed by atoms with Crippen molar-refractivity contribution >= 4 is 0 Å². The van der Waals surface area contributed by atoms with Crippen LogP contribution < -0.4 is 0 Å².